The highest BCUT2D eigenvalue weighted by Gasteiger charge is 2.32. The normalized spacial score (nSPS) is 11.9. The molecule has 0 fully saturated rings. The van der Waals surface area contributed by atoms with E-state index in [0.29, 0.717) is 9.65 Å². The van der Waals surface area contributed by atoms with Crippen LogP contribution in [0.4, 0.5) is 13.2 Å². The fourth-order valence-corrected chi connectivity index (χ4v) is 4.83. The molecule has 0 aliphatic rings. The maximum atomic E-state index is 13.6. The lowest BCUT2D eigenvalue weighted by molar-refractivity contribution is -0.137. The molecule has 0 aliphatic heterocycles. The Kier molecular flexibility index (Phi) is 6.05. The summed E-state index contributed by atoms with van der Waals surface area (Å²) >= 11 is 0. The standard InChI is InChI=1S/C23H18F3N3O4S/c1-32-20-6-3-7-21(33-2)22(20)34(30,31)29-14-18(13-28-29)17-9-16(15-5-4-8-27-12-15)10-19(11-17)23(24,25)26/h3-14H,1-2H3. The molecule has 0 unspecified atom stereocenters. The van der Waals surface area contributed by atoms with E-state index in [2.05, 4.69) is 10.1 Å². The Morgan fingerprint density at radius 3 is 2.06 bits per heavy atom. The van der Waals surface area contributed by atoms with Crippen molar-refractivity contribution in [3.05, 3.63) is 78.9 Å². The molecule has 0 amide bonds. The van der Waals surface area contributed by atoms with E-state index < -0.39 is 21.8 Å². The number of aromatic nitrogens is 3. The van der Waals surface area contributed by atoms with E-state index >= 15 is 0 Å². The third-order valence-electron chi connectivity index (χ3n) is 5.04. The van der Waals surface area contributed by atoms with Gasteiger partial charge in [-0.25, -0.2) is 0 Å². The third-order valence-corrected chi connectivity index (χ3v) is 6.65. The van der Waals surface area contributed by atoms with Crippen molar-refractivity contribution in [2.75, 3.05) is 14.2 Å². The molecular formula is C23H18F3N3O4S. The van der Waals surface area contributed by atoms with Gasteiger partial charge in [-0.2, -0.15) is 30.8 Å². The second-order valence-corrected chi connectivity index (χ2v) is 8.87. The maximum absolute atomic E-state index is 13.6. The Labute approximate surface area is 193 Å². The summed E-state index contributed by atoms with van der Waals surface area (Å²) in [4.78, 5) is 3.70. The SMILES string of the molecule is COc1cccc(OC)c1S(=O)(=O)n1cc(-c2cc(-c3cccnc3)cc(C(F)(F)F)c2)cn1. The number of ether oxygens (including phenoxy) is 2. The molecule has 7 nitrogen and oxygen atoms in total. The number of methoxy groups -OCH3 is 2. The molecule has 2 aromatic heterocycles. The van der Waals surface area contributed by atoms with Gasteiger partial charge >= 0.3 is 6.18 Å². The van der Waals surface area contributed by atoms with Gasteiger partial charge in [-0.3, -0.25) is 4.98 Å². The van der Waals surface area contributed by atoms with Crippen molar-refractivity contribution in [2.24, 2.45) is 0 Å². The lowest BCUT2D eigenvalue weighted by Gasteiger charge is -2.13. The number of pyridine rings is 1. The molecule has 0 saturated heterocycles. The first-order chi connectivity index (χ1) is 16.1. The monoisotopic (exact) mass is 489 g/mol. The molecule has 0 radical (unpaired) electrons. The fraction of sp³-hybridized carbons (Fsp3) is 0.130. The van der Waals surface area contributed by atoms with Gasteiger partial charge in [-0.15, -0.1) is 0 Å². The van der Waals surface area contributed by atoms with Gasteiger partial charge in [-0.1, -0.05) is 12.1 Å². The summed E-state index contributed by atoms with van der Waals surface area (Å²) in [5, 5.41) is 3.91. The van der Waals surface area contributed by atoms with Gasteiger partial charge in [0.1, 0.15) is 11.5 Å². The lowest BCUT2D eigenvalue weighted by Crippen LogP contribution is -2.15. The largest absolute Gasteiger partial charge is 0.495 e. The lowest BCUT2D eigenvalue weighted by atomic mass is 9.98. The first-order valence-electron chi connectivity index (χ1n) is 9.79. The van der Waals surface area contributed by atoms with E-state index in [1.54, 1.807) is 18.2 Å². The Morgan fingerprint density at radius 1 is 0.853 bits per heavy atom. The van der Waals surface area contributed by atoms with Crippen LogP contribution in [0.25, 0.3) is 22.3 Å². The molecule has 0 aliphatic carbocycles. The van der Waals surface area contributed by atoms with Crippen LogP contribution >= 0.6 is 0 Å². The van der Waals surface area contributed by atoms with Gasteiger partial charge in [0.2, 0.25) is 0 Å². The van der Waals surface area contributed by atoms with Gasteiger partial charge in [0.05, 0.1) is 32.2 Å². The van der Waals surface area contributed by atoms with Gasteiger partial charge in [0.25, 0.3) is 10.0 Å². The Balaban J connectivity index is 1.84. The maximum Gasteiger partial charge on any atom is 0.416 e. The number of rotatable bonds is 6. The Hall–Kier alpha value is -3.86. The van der Waals surface area contributed by atoms with Gasteiger partial charge in [0.15, 0.2) is 4.90 Å². The first-order valence-corrected chi connectivity index (χ1v) is 11.2. The third kappa shape index (κ3) is 4.34. The molecule has 11 heteroatoms. The highest BCUT2D eigenvalue weighted by Crippen LogP contribution is 2.37. The van der Waals surface area contributed by atoms with Crippen LogP contribution in [0.5, 0.6) is 11.5 Å². The van der Waals surface area contributed by atoms with Crippen LogP contribution in [-0.2, 0) is 16.2 Å². The summed E-state index contributed by atoms with van der Waals surface area (Å²) in [5.41, 5.74) is 0.190. The zero-order chi connectivity index (χ0) is 24.5. The molecule has 4 rings (SSSR count). The summed E-state index contributed by atoms with van der Waals surface area (Å²) in [6.07, 6.45) is 0.672. The van der Waals surface area contributed by atoms with Crippen LogP contribution in [0.3, 0.4) is 0 Å². The predicted molar refractivity (Wildman–Crippen MR) is 118 cm³/mol. The highest BCUT2D eigenvalue weighted by atomic mass is 32.2. The van der Waals surface area contributed by atoms with Crippen molar-refractivity contribution < 1.29 is 31.1 Å². The fourth-order valence-electron chi connectivity index (χ4n) is 3.41. The van der Waals surface area contributed by atoms with E-state index in [-0.39, 0.29) is 33.1 Å². The summed E-state index contributed by atoms with van der Waals surface area (Å²) in [7, 11) is -1.67. The van der Waals surface area contributed by atoms with E-state index in [1.165, 1.54) is 51.0 Å². The molecule has 2 heterocycles. The van der Waals surface area contributed by atoms with E-state index in [1.807, 2.05) is 0 Å². The minimum Gasteiger partial charge on any atom is -0.495 e. The summed E-state index contributed by atoms with van der Waals surface area (Å²) in [6, 6.07) is 11.2. The second-order valence-electron chi connectivity index (χ2n) is 7.14. The Bertz CT molecular complexity index is 1410. The van der Waals surface area contributed by atoms with Gasteiger partial charge in [0, 0.05) is 23.5 Å². The topological polar surface area (TPSA) is 83.3 Å². The molecule has 2 aromatic carbocycles. The van der Waals surface area contributed by atoms with Gasteiger partial charge < -0.3 is 9.47 Å². The molecule has 34 heavy (non-hydrogen) atoms. The van der Waals surface area contributed by atoms with Crippen LogP contribution in [-0.4, -0.2) is 36.8 Å². The van der Waals surface area contributed by atoms with Crippen LogP contribution in [0.1, 0.15) is 5.56 Å². The summed E-state index contributed by atoms with van der Waals surface area (Å²) < 4.78 is 78.4. The Morgan fingerprint density at radius 2 is 1.50 bits per heavy atom. The molecule has 0 bridgehead atoms. The average Bonchev–Trinajstić information content (AvgIpc) is 3.34. The van der Waals surface area contributed by atoms with Gasteiger partial charge in [-0.05, 0) is 47.5 Å². The van der Waals surface area contributed by atoms with Crippen molar-refractivity contribution in [1.82, 2.24) is 14.2 Å². The number of alkyl halides is 3. The molecular weight excluding hydrogens is 471 g/mol. The van der Waals surface area contributed by atoms with E-state index in [0.717, 1.165) is 18.3 Å². The summed E-state index contributed by atoms with van der Waals surface area (Å²) in [6.45, 7) is 0. The number of nitrogens with zero attached hydrogens (tertiary/aromatic N) is 3. The predicted octanol–water partition coefficient (Wildman–Crippen LogP) is 4.89. The minimum absolute atomic E-state index is 0.0364. The van der Waals surface area contributed by atoms with E-state index in [4.69, 9.17) is 9.47 Å². The van der Waals surface area contributed by atoms with E-state index in [9.17, 15) is 21.6 Å². The molecule has 0 spiro atoms. The number of hydrogen-bond donors (Lipinski definition) is 0. The van der Waals surface area contributed by atoms with Crippen molar-refractivity contribution in [2.45, 2.75) is 11.1 Å². The quantitative estimate of drug-likeness (QED) is 0.384. The molecule has 0 atom stereocenters. The van der Waals surface area contributed by atoms with Crippen LogP contribution < -0.4 is 9.47 Å². The minimum atomic E-state index is -4.61. The van der Waals surface area contributed by atoms with Crippen LogP contribution in [0.2, 0.25) is 0 Å². The molecule has 176 valence electrons. The zero-order valence-corrected chi connectivity index (χ0v) is 18.8. The first kappa shape index (κ1) is 23.3. The smallest absolute Gasteiger partial charge is 0.416 e. The van der Waals surface area contributed by atoms with Crippen molar-refractivity contribution >= 4 is 10.0 Å². The molecule has 4 aromatic rings. The van der Waals surface area contributed by atoms with Crippen molar-refractivity contribution in [3.8, 4) is 33.8 Å². The van der Waals surface area contributed by atoms with Crippen LogP contribution in [0.15, 0.2) is 78.2 Å². The second kappa shape index (κ2) is 8.82. The number of halogens is 3. The zero-order valence-electron chi connectivity index (χ0n) is 17.9. The summed E-state index contributed by atoms with van der Waals surface area (Å²) in [5.74, 6) is 0.0728. The average molecular weight is 489 g/mol. The highest BCUT2D eigenvalue weighted by molar-refractivity contribution is 7.90. The molecule has 0 saturated carbocycles. The number of benzene rings is 2. The number of hydrogen-bond acceptors (Lipinski definition) is 6. The van der Waals surface area contributed by atoms with Crippen molar-refractivity contribution in [3.63, 3.8) is 0 Å². The van der Waals surface area contributed by atoms with Crippen molar-refractivity contribution in [1.29, 1.82) is 0 Å². The van der Waals surface area contributed by atoms with Crippen LogP contribution in [0, 0.1) is 0 Å². The molecule has 0 N–H and O–H groups in total.